The van der Waals surface area contributed by atoms with Crippen molar-refractivity contribution in [3.05, 3.63) is 24.0 Å². The van der Waals surface area contributed by atoms with E-state index in [9.17, 15) is 28.5 Å². The van der Waals surface area contributed by atoms with Crippen LogP contribution in [0.5, 0.6) is 0 Å². The molecular weight excluding hydrogens is 339 g/mol. The molecule has 140 valence electrons. The molecule has 0 aromatic carbocycles. The summed E-state index contributed by atoms with van der Waals surface area (Å²) < 4.78 is 39.4. The number of piperidine rings is 1. The van der Waals surface area contributed by atoms with Crippen LogP contribution >= 0.6 is 0 Å². The smallest absolute Gasteiger partial charge is 0.389 e. The standard InChI is InChI=1S/C16H22F3N3O3/c17-16(18,19)15-11(2-1-4-20-15)22-5-3-10(7-22)6-21-8-12(23)14(25)13(24)9-21/h1-2,4,10,12-14,23-25H,3,5-9H2/t10-,12-,13+,14+/m0/s1. The zero-order valence-electron chi connectivity index (χ0n) is 13.6. The monoisotopic (exact) mass is 361 g/mol. The second kappa shape index (κ2) is 7.06. The molecular formula is C16H22F3N3O3. The average Bonchev–Trinajstić information content (AvgIpc) is 3.00. The number of nitrogens with zero attached hydrogens (tertiary/aromatic N) is 3. The maximum atomic E-state index is 13.1. The van der Waals surface area contributed by atoms with Crippen LogP contribution in [0.15, 0.2) is 18.3 Å². The van der Waals surface area contributed by atoms with Crippen molar-refractivity contribution >= 4 is 5.69 Å². The molecule has 6 nitrogen and oxygen atoms in total. The second-order valence-electron chi connectivity index (χ2n) is 6.81. The largest absolute Gasteiger partial charge is 0.435 e. The lowest BCUT2D eigenvalue weighted by molar-refractivity contribution is -0.140. The molecule has 3 heterocycles. The maximum Gasteiger partial charge on any atom is 0.435 e. The van der Waals surface area contributed by atoms with Gasteiger partial charge in [-0.2, -0.15) is 13.2 Å². The third-order valence-corrected chi connectivity index (χ3v) is 4.88. The lowest BCUT2D eigenvalue weighted by Crippen LogP contribution is -2.56. The zero-order chi connectivity index (χ0) is 18.2. The zero-order valence-corrected chi connectivity index (χ0v) is 13.6. The first-order chi connectivity index (χ1) is 11.8. The number of anilines is 1. The molecule has 25 heavy (non-hydrogen) atoms. The normalized spacial score (nSPS) is 31.5. The SMILES string of the molecule is O[C@H]1[C@H](O)CN(C[C@@H]2CCN(c3cccnc3C(F)(F)F)C2)C[C@@H]1O. The van der Waals surface area contributed by atoms with E-state index in [1.165, 1.54) is 12.1 Å². The summed E-state index contributed by atoms with van der Waals surface area (Å²) in [7, 11) is 0. The molecule has 3 N–H and O–H groups in total. The van der Waals surface area contributed by atoms with Gasteiger partial charge in [0.1, 0.15) is 6.10 Å². The minimum Gasteiger partial charge on any atom is -0.389 e. The van der Waals surface area contributed by atoms with E-state index in [2.05, 4.69) is 4.98 Å². The summed E-state index contributed by atoms with van der Waals surface area (Å²) in [5, 5.41) is 29.1. The fraction of sp³-hybridized carbons (Fsp3) is 0.688. The van der Waals surface area contributed by atoms with Crippen molar-refractivity contribution in [3.8, 4) is 0 Å². The summed E-state index contributed by atoms with van der Waals surface area (Å²) >= 11 is 0. The molecule has 0 aliphatic carbocycles. The number of β-amino-alcohol motifs (C(OH)–C–C–N with tert-alkyl or cyclic N) is 2. The van der Waals surface area contributed by atoms with Crippen molar-refractivity contribution in [2.45, 2.75) is 30.9 Å². The van der Waals surface area contributed by atoms with Crippen LogP contribution in [0.1, 0.15) is 12.1 Å². The number of aliphatic hydroxyl groups excluding tert-OH is 3. The van der Waals surface area contributed by atoms with Gasteiger partial charge in [0, 0.05) is 38.9 Å². The third-order valence-electron chi connectivity index (χ3n) is 4.88. The van der Waals surface area contributed by atoms with Gasteiger partial charge in [-0.15, -0.1) is 0 Å². The van der Waals surface area contributed by atoms with E-state index in [-0.39, 0.29) is 24.7 Å². The quantitative estimate of drug-likeness (QED) is 0.720. The first kappa shape index (κ1) is 18.4. The van der Waals surface area contributed by atoms with E-state index < -0.39 is 30.2 Å². The number of pyridine rings is 1. The van der Waals surface area contributed by atoms with Crippen molar-refractivity contribution in [1.82, 2.24) is 9.88 Å². The summed E-state index contributed by atoms with van der Waals surface area (Å²) in [5.41, 5.74) is -0.783. The molecule has 1 aromatic rings. The average molecular weight is 361 g/mol. The van der Waals surface area contributed by atoms with Crippen molar-refractivity contribution in [2.24, 2.45) is 5.92 Å². The van der Waals surface area contributed by atoms with Gasteiger partial charge in [0.15, 0.2) is 5.69 Å². The van der Waals surface area contributed by atoms with Gasteiger partial charge in [0.25, 0.3) is 0 Å². The molecule has 1 aromatic heterocycles. The van der Waals surface area contributed by atoms with Gasteiger partial charge in [0.05, 0.1) is 17.9 Å². The van der Waals surface area contributed by atoms with Crippen LogP contribution in [-0.4, -0.2) is 76.2 Å². The predicted molar refractivity (Wildman–Crippen MR) is 84.0 cm³/mol. The molecule has 0 amide bonds. The molecule has 2 saturated heterocycles. The highest BCUT2D eigenvalue weighted by atomic mass is 19.4. The topological polar surface area (TPSA) is 80.1 Å². The highest BCUT2D eigenvalue weighted by Crippen LogP contribution is 2.36. The van der Waals surface area contributed by atoms with Gasteiger partial charge in [-0.25, -0.2) is 4.98 Å². The number of rotatable bonds is 3. The number of alkyl halides is 3. The molecule has 3 rings (SSSR count). The Hall–Kier alpha value is -1.42. The van der Waals surface area contributed by atoms with Crippen molar-refractivity contribution in [3.63, 3.8) is 0 Å². The van der Waals surface area contributed by atoms with E-state index in [4.69, 9.17) is 0 Å². The molecule has 0 bridgehead atoms. The number of hydrogen-bond acceptors (Lipinski definition) is 6. The van der Waals surface area contributed by atoms with Gasteiger partial charge in [-0.1, -0.05) is 0 Å². The summed E-state index contributed by atoms with van der Waals surface area (Å²) in [5.74, 6) is 0.121. The van der Waals surface area contributed by atoms with Crippen LogP contribution in [-0.2, 0) is 6.18 Å². The van der Waals surface area contributed by atoms with Crippen LogP contribution < -0.4 is 4.90 Å². The van der Waals surface area contributed by atoms with Crippen molar-refractivity contribution in [1.29, 1.82) is 0 Å². The van der Waals surface area contributed by atoms with Gasteiger partial charge in [-0.3, -0.25) is 4.90 Å². The fourth-order valence-electron chi connectivity index (χ4n) is 3.66. The van der Waals surface area contributed by atoms with Crippen molar-refractivity contribution in [2.75, 3.05) is 37.6 Å². The van der Waals surface area contributed by atoms with E-state index in [1.807, 2.05) is 4.90 Å². The molecule has 2 aliphatic heterocycles. The Bertz CT molecular complexity index is 589. The van der Waals surface area contributed by atoms with Crippen LogP contribution in [0.4, 0.5) is 18.9 Å². The number of aliphatic hydroxyl groups is 3. The Morgan fingerprint density at radius 3 is 2.44 bits per heavy atom. The maximum absolute atomic E-state index is 13.1. The van der Waals surface area contributed by atoms with Crippen LogP contribution in [0.25, 0.3) is 0 Å². The summed E-state index contributed by atoms with van der Waals surface area (Å²) in [6.45, 7) is 2.00. The Balaban J connectivity index is 1.63. The fourth-order valence-corrected chi connectivity index (χ4v) is 3.66. The highest BCUT2D eigenvalue weighted by Gasteiger charge is 2.39. The molecule has 0 saturated carbocycles. The Labute approximate surface area is 143 Å². The third kappa shape index (κ3) is 4.05. The molecule has 0 radical (unpaired) electrons. The van der Waals surface area contributed by atoms with Gasteiger partial charge in [0.2, 0.25) is 0 Å². The predicted octanol–water partition coefficient (Wildman–Crippen LogP) is 0.325. The van der Waals surface area contributed by atoms with Crippen molar-refractivity contribution < 1.29 is 28.5 Å². The molecule has 2 aliphatic rings. The first-order valence-electron chi connectivity index (χ1n) is 8.29. The highest BCUT2D eigenvalue weighted by molar-refractivity contribution is 5.52. The van der Waals surface area contributed by atoms with Gasteiger partial charge in [-0.05, 0) is 24.5 Å². The van der Waals surface area contributed by atoms with E-state index in [1.54, 1.807) is 4.90 Å². The molecule has 0 unspecified atom stereocenters. The molecule has 9 heteroatoms. The van der Waals surface area contributed by atoms with Crippen LogP contribution in [0.3, 0.4) is 0 Å². The molecule has 2 fully saturated rings. The lowest BCUT2D eigenvalue weighted by Gasteiger charge is -2.38. The molecule has 0 spiro atoms. The van der Waals surface area contributed by atoms with Crippen LogP contribution in [0, 0.1) is 5.92 Å². The lowest BCUT2D eigenvalue weighted by atomic mass is 10.00. The summed E-state index contributed by atoms with van der Waals surface area (Å²) in [6.07, 6.45) is -5.82. The van der Waals surface area contributed by atoms with Gasteiger partial charge < -0.3 is 20.2 Å². The minimum atomic E-state index is -4.49. The number of halogens is 3. The Morgan fingerprint density at radius 2 is 1.80 bits per heavy atom. The Morgan fingerprint density at radius 1 is 1.12 bits per heavy atom. The second-order valence-corrected chi connectivity index (χ2v) is 6.81. The van der Waals surface area contributed by atoms with Gasteiger partial charge >= 0.3 is 6.18 Å². The summed E-state index contributed by atoms with van der Waals surface area (Å²) in [4.78, 5) is 7.03. The number of hydrogen-bond donors (Lipinski definition) is 3. The molecule has 4 atom stereocenters. The summed E-state index contributed by atoms with van der Waals surface area (Å²) in [6, 6.07) is 2.93. The number of likely N-dealkylation sites (tertiary alicyclic amines) is 1. The number of aromatic nitrogens is 1. The van der Waals surface area contributed by atoms with E-state index in [0.717, 1.165) is 12.6 Å². The Kier molecular flexibility index (Phi) is 5.19. The van der Waals surface area contributed by atoms with E-state index >= 15 is 0 Å². The van der Waals surface area contributed by atoms with E-state index in [0.29, 0.717) is 19.6 Å². The first-order valence-corrected chi connectivity index (χ1v) is 8.29. The van der Waals surface area contributed by atoms with Crippen LogP contribution in [0.2, 0.25) is 0 Å². The minimum absolute atomic E-state index is 0.0895.